The zero-order valence-electron chi connectivity index (χ0n) is 8.37. The summed E-state index contributed by atoms with van der Waals surface area (Å²) in [6.45, 7) is 4.18. The van der Waals surface area contributed by atoms with Crippen LogP contribution < -0.4 is 0 Å². The minimum Gasteiger partial charge on any atom is -0.481 e. The van der Waals surface area contributed by atoms with Crippen LogP contribution in [0, 0.1) is 5.92 Å². The van der Waals surface area contributed by atoms with Crippen molar-refractivity contribution in [2.45, 2.75) is 32.7 Å². The van der Waals surface area contributed by atoms with Crippen LogP contribution in [0.1, 0.15) is 26.7 Å². The molecule has 0 rings (SSSR count). The maximum atomic E-state index is 10.5. The molecule has 0 saturated carbocycles. The molecule has 0 radical (unpaired) electrons. The number of carboxylic acid groups (broad SMARTS) is 1. The van der Waals surface area contributed by atoms with Crippen molar-refractivity contribution in [1.29, 1.82) is 0 Å². The minimum atomic E-state index is -0.714. The van der Waals surface area contributed by atoms with E-state index in [0.717, 1.165) is 6.42 Å². The Morgan fingerprint density at radius 1 is 1.50 bits per heavy atom. The number of rotatable bonds is 5. The average Bonchev–Trinajstić information content (AvgIpc) is 1.98. The van der Waals surface area contributed by atoms with E-state index in [4.69, 9.17) is 5.11 Å². The third-order valence-corrected chi connectivity index (χ3v) is 2.35. The Bertz CT molecular complexity index is 145. The molecule has 0 fully saturated rings. The topological polar surface area (TPSA) is 40.5 Å². The fourth-order valence-corrected chi connectivity index (χ4v) is 1.34. The Kier molecular flexibility index (Phi) is 4.90. The van der Waals surface area contributed by atoms with Gasteiger partial charge in [-0.05, 0) is 20.0 Å². The van der Waals surface area contributed by atoms with Crippen molar-refractivity contribution >= 4 is 5.97 Å². The van der Waals surface area contributed by atoms with Crippen LogP contribution in [0.5, 0.6) is 0 Å². The number of hydrogen-bond donors (Lipinski definition) is 1. The van der Waals surface area contributed by atoms with E-state index in [2.05, 4.69) is 13.8 Å². The maximum Gasteiger partial charge on any atom is 0.304 e. The molecule has 3 heteroatoms. The lowest BCUT2D eigenvalue weighted by molar-refractivity contribution is -0.138. The average molecular weight is 173 g/mol. The van der Waals surface area contributed by atoms with Crippen LogP contribution in [0.2, 0.25) is 0 Å². The highest BCUT2D eigenvalue weighted by Gasteiger charge is 2.20. The van der Waals surface area contributed by atoms with Gasteiger partial charge in [0.15, 0.2) is 0 Å². The van der Waals surface area contributed by atoms with Crippen LogP contribution in [-0.2, 0) is 4.79 Å². The Balaban J connectivity index is 4.12. The summed E-state index contributed by atoms with van der Waals surface area (Å²) in [4.78, 5) is 12.5. The van der Waals surface area contributed by atoms with Crippen molar-refractivity contribution in [1.82, 2.24) is 4.90 Å². The second kappa shape index (κ2) is 5.14. The van der Waals surface area contributed by atoms with E-state index in [-0.39, 0.29) is 12.5 Å². The molecule has 3 nitrogen and oxygen atoms in total. The summed E-state index contributed by atoms with van der Waals surface area (Å²) >= 11 is 0. The number of aliphatic carboxylic acids is 1. The number of carbonyl (C=O) groups is 1. The van der Waals surface area contributed by atoms with E-state index in [1.807, 2.05) is 19.0 Å². The lowest BCUT2D eigenvalue weighted by Gasteiger charge is -2.27. The van der Waals surface area contributed by atoms with Crippen molar-refractivity contribution in [3.63, 3.8) is 0 Å². The van der Waals surface area contributed by atoms with Crippen LogP contribution in [-0.4, -0.2) is 36.1 Å². The molecule has 2 atom stereocenters. The van der Waals surface area contributed by atoms with Crippen molar-refractivity contribution in [2.75, 3.05) is 14.1 Å². The standard InChI is InChI=1S/C9H19NO2/c1-5-7(2)8(10(3)4)6-9(11)12/h7-8H,5-6H2,1-4H3,(H,11,12). The van der Waals surface area contributed by atoms with E-state index in [1.165, 1.54) is 0 Å². The van der Waals surface area contributed by atoms with E-state index in [9.17, 15) is 4.79 Å². The highest BCUT2D eigenvalue weighted by molar-refractivity contribution is 5.67. The van der Waals surface area contributed by atoms with Gasteiger partial charge in [-0.3, -0.25) is 4.79 Å². The number of carboxylic acids is 1. The highest BCUT2D eigenvalue weighted by Crippen LogP contribution is 2.15. The summed E-state index contributed by atoms with van der Waals surface area (Å²) in [5.74, 6) is -0.273. The molecule has 0 amide bonds. The van der Waals surface area contributed by atoms with Gasteiger partial charge in [0.2, 0.25) is 0 Å². The van der Waals surface area contributed by atoms with Crippen LogP contribution in [0.15, 0.2) is 0 Å². The van der Waals surface area contributed by atoms with Crippen molar-refractivity contribution in [2.24, 2.45) is 5.92 Å². The second-order valence-electron chi connectivity index (χ2n) is 3.51. The van der Waals surface area contributed by atoms with Gasteiger partial charge < -0.3 is 10.0 Å². The maximum absolute atomic E-state index is 10.5. The molecular formula is C9H19NO2. The lowest BCUT2D eigenvalue weighted by atomic mass is 9.95. The van der Waals surface area contributed by atoms with Gasteiger partial charge in [-0.1, -0.05) is 20.3 Å². The molecular weight excluding hydrogens is 154 g/mol. The molecule has 0 aromatic heterocycles. The predicted octanol–water partition coefficient (Wildman–Crippen LogP) is 1.44. The fraction of sp³-hybridized carbons (Fsp3) is 0.889. The summed E-state index contributed by atoms with van der Waals surface area (Å²) in [5.41, 5.74) is 0. The molecule has 1 N–H and O–H groups in total. The molecule has 0 aliphatic heterocycles. The van der Waals surface area contributed by atoms with Gasteiger partial charge in [0, 0.05) is 6.04 Å². The molecule has 72 valence electrons. The number of hydrogen-bond acceptors (Lipinski definition) is 2. The molecule has 0 aliphatic carbocycles. The van der Waals surface area contributed by atoms with Crippen molar-refractivity contribution in [3.8, 4) is 0 Å². The molecule has 0 spiro atoms. The zero-order chi connectivity index (χ0) is 9.72. The van der Waals surface area contributed by atoms with Crippen LogP contribution in [0.3, 0.4) is 0 Å². The van der Waals surface area contributed by atoms with E-state index in [1.54, 1.807) is 0 Å². The monoisotopic (exact) mass is 173 g/mol. The normalized spacial score (nSPS) is 16.1. The van der Waals surface area contributed by atoms with E-state index in [0.29, 0.717) is 5.92 Å². The van der Waals surface area contributed by atoms with Gasteiger partial charge in [-0.2, -0.15) is 0 Å². The molecule has 2 unspecified atom stereocenters. The first-order valence-corrected chi connectivity index (χ1v) is 4.37. The largest absolute Gasteiger partial charge is 0.481 e. The summed E-state index contributed by atoms with van der Waals surface area (Å²) in [6.07, 6.45) is 1.26. The SMILES string of the molecule is CCC(C)C(CC(=O)O)N(C)C. The van der Waals surface area contributed by atoms with E-state index >= 15 is 0 Å². The first-order valence-electron chi connectivity index (χ1n) is 4.37. The lowest BCUT2D eigenvalue weighted by Crippen LogP contribution is -2.35. The second-order valence-corrected chi connectivity index (χ2v) is 3.51. The Morgan fingerprint density at radius 3 is 2.25 bits per heavy atom. The third-order valence-electron chi connectivity index (χ3n) is 2.35. The highest BCUT2D eigenvalue weighted by atomic mass is 16.4. The first kappa shape index (κ1) is 11.4. The Hall–Kier alpha value is -0.570. The fourth-order valence-electron chi connectivity index (χ4n) is 1.34. The molecule has 0 heterocycles. The first-order chi connectivity index (χ1) is 5.49. The van der Waals surface area contributed by atoms with E-state index < -0.39 is 5.97 Å². The molecule has 12 heavy (non-hydrogen) atoms. The Morgan fingerprint density at radius 2 is 2.00 bits per heavy atom. The molecule has 0 aromatic carbocycles. The predicted molar refractivity (Wildman–Crippen MR) is 49.2 cm³/mol. The van der Waals surface area contributed by atoms with Crippen LogP contribution >= 0.6 is 0 Å². The van der Waals surface area contributed by atoms with Gasteiger partial charge in [0.25, 0.3) is 0 Å². The third kappa shape index (κ3) is 3.72. The van der Waals surface area contributed by atoms with Crippen LogP contribution in [0.25, 0.3) is 0 Å². The summed E-state index contributed by atoms with van der Waals surface area (Å²) in [7, 11) is 3.86. The van der Waals surface area contributed by atoms with Crippen molar-refractivity contribution < 1.29 is 9.90 Å². The summed E-state index contributed by atoms with van der Waals surface area (Å²) < 4.78 is 0. The molecule has 0 saturated heterocycles. The molecule has 0 bridgehead atoms. The van der Waals surface area contributed by atoms with Crippen LogP contribution in [0.4, 0.5) is 0 Å². The van der Waals surface area contributed by atoms with Gasteiger partial charge in [0.1, 0.15) is 0 Å². The molecule has 0 aliphatic rings. The summed E-state index contributed by atoms with van der Waals surface area (Å²) in [5, 5.41) is 8.65. The smallest absolute Gasteiger partial charge is 0.304 e. The molecule has 0 aromatic rings. The van der Waals surface area contributed by atoms with Crippen molar-refractivity contribution in [3.05, 3.63) is 0 Å². The zero-order valence-corrected chi connectivity index (χ0v) is 8.37. The minimum absolute atomic E-state index is 0.160. The summed E-state index contributed by atoms with van der Waals surface area (Å²) in [6, 6.07) is 0.160. The van der Waals surface area contributed by atoms with Gasteiger partial charge >= 0.3 is 5.97 Å². The number of nitrogens with zero attached hydrogens (tertiary/aromatic N) is 1. The van der Waals surface area contributed by atoms with Gasteiger partial charge in [0.05, 0.1) is 6.42 Å². The van der Waals surface area contributed by atoms with Gasteiger partial charge in [-0.25, -0.2) is 0 Å². The Labute approximate surface area is 74.4 Å². The quantitative estimate of drug-likeness (QED) is 0.684. The van der Waals surface area contributed by atoms with Gasteiger partial charge in [-0.15, -0.1) is 0 Å².